The van der Waals surface area contributed by atoms with Gasteiger partial charge < -0.3 is 31.5 Å². The quantitative estimate of drug-likeness (QED) is 0.0547. The molecule has 0 radical (unpaired) electrons. The molecule has 0 saturated heterocycles. The molecule has 18 heteroatoms. The van der Waals surface area contributed by atoms with Crippen molar-refractivity contribution in [1.29, 1.82) is 0 Å². The lowest BCUT2D eigenvalue weighted by Gasteiger charge is -2.20. The predicted molar refractivity (Wildman–Crippen MR) is 191 cm³/mol. The number of hydrogen-bond acceptors (Lipinski definition) is 13. The van der Waals surface area contributed by atoms with E-state index in [4.69, 9.17) is 26.2 Å². The summed E-state index contributed by atoms with van der Waals surface area (Å²) in [5, 5.41) is 9.39. The first-order valence-corrected chi connectivity index (χ1v) is 19.6. The highest BCUT2D eigenvalue weighted by molar-refractivity contribution is 7.63. The summed E-state index contributed by atoms with van der Waals surface area (Å²) < 4.78 is 60.9. The van der Waals surface area contributed by atoms with E-state index in [-0.39, 0.29) is 5.75 Å². The summed E-state index contributed by atoms with van der Waals surface area (Å²) in [5.74, 6) is 0.0456. The van der Waals surface area contributed by atoms with Gasteiger partial charge in [0, 0.05) is 5.39 Å². The molecule has 3 atom stereocenters. The maximum atomic E-state index is 14.5. The van der Waals surface area contributed by atoms with Crippen LogP contribution < -0.4 is 38.4 Å². The first-order chi connectivity index (χ1) is 23.9. The lowest BCUT2D eigenvalue weighted by molar-refractivity contribution is 0.274. The molecule has 0 aliphatic rings. The first kappa shape index (κ1) is 34.3. The molecule has 50 heavy (non-hydrogen) atoms. The van der Waals surface area contributed by atoms with Crippen LogP contribution in [0, 0.1) is 0 Å². The first-order valence-electron chi connectivity index (χ1n) is 14.9. The Hall–Kier alpha value is -4.20. The predicted octanol–water partition coefficient (Wildman–Crippen LogP) is 3.95. The molecule has 8 N–H and O–H groups in total. The van der Waals surface area contributed by atoms with Crippen LogP contribution >= 0.6 is 22.8 Å². The molecule has 0 saturated carbocycles. The Morgan fingerprint density at radius 1 is 0.500 bits per heavy atom. The highest BCUT2D eigenvalue weighted by Crippen LogP contribution is 2.49. The zero-order valence-corrected chi connectivity index (χ0v) is 28.6. The second-order valence-corrected chi connectivity index (χ2v) is 16.2. The summed E-state index contributed by atoms with van der Waals surface area (Å²) in [6.45, 7) is -2.20. The lowest BCUT2D eigenvalue weighted by atomic mass is 9.94. The van der Waals surface area contributed by atoms with Gasteiger partial charge in [0.25, 0.3) is 5.57 Å². The van der Waals surface area contributed by atoms with Gasteiger partial charge in [-0.3, -0.25) is 22.7 Å². The maximum Gasteiger partial charge on any atom is 0.449 e. The molecule has 15 nitrogen and oxygen atoms in total. The minimum atomic E-state index is -4.95. The molecule has 1 aromatic heterocycles. The van der Waals surface area contributed by atoms with Gasteiger partial charge in [-0.15, -0.1) is 0 Å². The van der Waals surface area contributed by atoms with E-state index in [9.17, 15) is 23.5 Å². The zero-order valence-electron chi connectivity index (χ0n) is 25.9. The van der Waals surface area contributed by atoms with E-state index in [1.165, 1.54) is 6.07 Å². The van der Waals surface area contributed by atoms with E-state index in [2.05, 4.69) is 66.5 Å². The topological polar surface area (TPSA) is 245 Å². The molecular weight excluding hydrogens is 705 g/mol. The van der Waals surface area contributed by atoms with Crippen molar-refractivity contribution in [1.82, 2.24) is 15.0 Å². The molecule has 0 bridgehead atoms. The monoisotopic (exact) mass is 734 g/mol. The Morgan fingerprint density at radius 2 is 0.960 bits per heavy atom. The Bertz CT molecular complexity index is 2580. The third-order valence-corrected chi connectivity index (χ3v) is 12.0. The van der Waals surface area contributed by atoms with Crippen LogP contribution in [0.25, 0.3) is 53.9 Å². The minimum Gasteiger partial charge on any atom is -0.419 e. The number of rotatable bonds is 11. The lowest BCUT2D eigenvalue weighted by Crippen LogP contribution is -2.38. The number of nitrogens with two attached hydrogens (primary N) is 3. The molecule has 0 fully saturated rings. The molecule has 0 amide bonds. The average molecular weight is 735 g/mol. The molecular formula is C32H29N6O9P3. The van der Waals surface area contributed by atoms with Gasteiger partial charge in [0.2, 0.25) is 11.1 Å². The van der Waals surface area contributed by atoms with Gasteiger partial charge in [0.1, 0.15) is 25.9 Å². The van der Waals surface area contributed by atoms with Crippen molar-refractivity contribution < 1.29 is 41.6 Å². The van der Waals surface area contributed by atoms with Gasteiger partial charge in [-0.1, -0.05) is 48.5 Å². The second-order valence-electron chi connectivity index (χ2n) is 11.0. The molecule has 0 spiro atoms. The SMILES string of the molecule is NCOP(=O)(O)c1nc(P(=O)(O)OCN)nc(P(=O)(OCN)Oc2cccc3cc4ccc5cc6cc7ccccc7cc6cc5c4cc23)n1. The molecule has 7 rings (SSSR count). The van der Waals surface area contributed by atoms with E-state index >= 15 is 0 Å². The van der Waals surface area contributed by atoms with Gasteiger partial charge in [0.15, 0.2) is 0 Å². The Kier molecular flexibility index (Phi) is 9.02. The molecule has 1 heterocycles. The number of nitrogens with zero attached hydrogens (tertiary/aromatic N) is 3. The van der Waals surface area contributed by atoms with E-state index in [0.717, 1.165) is 43.1 Å². The number of aromatic nitrogens is 3. The van der Waals surface area contributed by atoms with Crippen molar-refractivity contribution in [2.45, 2.75) is 0 Å². The van der Waals surface area contributed by atoms with Crippen LogP contribution in [0.15, 0.2) is 91.0 Å². The molecule has 0 aliphatic heterocycles. The normalized spacial score (nSPS) is 15.7. The summed E-state index contributed by atoms with van der Waals surface area (Å²) in [5.41, 5.74) is 13.1. The standard InChI is InChI=1S/C32H29N6O9P3/c33-16-44-48(39,40)30-36-31(49(41,42)45-17-34)38-32(37-30)50(43,46-18-35)47-29-7-3-6-21-12-22-8-9-23-13-24-10-19-4-1-2-5-20(19)11-25(24)14-26(23)27(22)15-28(21)29/h1-15H,16-18,33-35H2,(H,39,40)(H,41,42). The summed E-state index contributed by atoms with van der Waals surface area (Å²) in [6, 6.07) is 29.6. The number of hydrogen-bond donors (Lipinski definition) is 5. The van der Waals surface area contributed by atoms with Crippen molar-refractivity contribution in [3.05, 3.63) is 91.0 Å². The van der Waals surface area contributed by atoms with Crippen LogP contribution in [-0.2, 0) is 27.3 Å². The second kappa shape index (κ2) is 13.2. The molecule has 7 aromatic rings. The van der Waals surface area contributed by atoms with E-state index < -0.39 is 59.7 Å². The summed E-state index contributed by atoms with van der Waals surface area (Å²) in [7, 11) is -14.7. The van der Waals surface area contributed by atoms with Gasteiger partial charge in [0.05, 0.1) is 0 Å². The van der Waals surface area contributed by atoms with Gasteiger partial charge >= 0.3 is 22.8 Å². The van der Waals surface area contributed by atoms with Crippen molar-refractivity contribution in [3.8, 4) is 5.75 Å². The van der Waals surface area contributed by atoms with Crippen molar-refractivity contribution >= 4 is 93.3 Å². The maximum absolute atomic E-state index is 14.5. The summed E-state index contributed by atoms with van der Waals surface area (Å²) >= 11 is 0. The van der Waals surface area contributed by atoms with Crippen LogP contribution in [0.4, 0.5) is 0 Å². The minimum absolute atomic E-state index is 0.0456. The molecule has 0 aliphatic carbocycles. The van der Waals surface area contributed by atoms with E-state index in [1.807, 2.05) is 36.4 Å². The molecule has 256 valence electrons. The summed E-state index contributed by atoms with van der Waals surface area (Å²) in [4.78, 5) is 32.0. The third-order valence-electron chi connectivity index (χ3n) is 7.93. The van der Waals surface area contributed by atoms with Crippen molar-refractivity contribution in [2.24, 2.45) is 17.2 Å². The van der Waals surface area contributed by atoms with E-state index in [0.29, 0.717) is 10.8 Å². The Balaban J connectivity index is 1.40. The van der Waals surface area contributed by atoms with E-state index in [1.54, 1.807) is 6.07 Å². The van der Waals surface area contributed by atoms with Gasteiger partial charge in [-0.2, -0.15) is 15.0 Å². The largest absolute Gasteiger partial charge is 0.449 e. The number of benzene rings is 6. The highest BCUT2D eigenvalue weighted by atomic mass is 31.2. The van der Waals surface area contributed by atoms with Crippen molar-refractivity contribution in [2.75, 3.05) is 20.2 Å². The fourth-order valence-electron chi connectivity index (χ4n) is 5.71. The van der Waals surface area contributed by atoms with Crippen LogP contribution in [0.3, 0.4) is 0 Å². The smallest absolute Gasteiger partial charge is 0.419 e. The van der Waals surface area contributed by atoms with Crippen LogP contribution in [-0.4, -0.2) is 44.9 Å². The fourth-order valence-corrected chi connectivity index (χ4v) is 8.77. The Morgan fingerprint density at radius 3 is 1.54 bits per heavy atom. The van der Waals surface area contributed by atoms with Crippen LogP contribution in [0.1, 0.15) is 0 Å². The number of fused-ring (bicyclic) bond motifs is 6. The van der Waals surface area contributed by atoms with Crippen LogP contribution in [0.5, 0.6) is 5.75 Å². The summed E-state index contributed by atoms with van der Waals surface area (Å²) in [6.07, 6.45) is 0. The molecule has 6 aromatic carbocycles. The van der Waals surface area contributed by atoms with Gasteiger partial charge in [-0.05, 0) is 90.9 Å². The van der Waals surface area contributed by atoms with Crippen molar-refractivity contribution in [3.63, 3.8) is 0 Å². The zero-order chi connectivity index (χ0) is 35.3. The Labute approximate surface area is 283 Å². The third kappa shape index (κ3) is 6.31. The molecule has 3 unspecified atom stereocenters. The van der Waals surface area contributed by atoms with Crippen LogP contribution in [0.2, 0.25) is 0 Å². The average Bonchev–Trinajstić information content (AvgIpc) is 3.09. The highest BCUT2D eigenvalue weighted by Gasteiger charge is 2.41. The fraction of sp³-hybridized carbons (Fsp3) is 0.0938. The van der Waals surface area contributed by atoms with Gasteiger partial charge in [-0.25, -0.2) is 4.57 Å².